The Morgan fingerprint density at radius 2 is 1.90 bits per heavy atom. The number of benzene rings is 1. The first-order chi connectivity index (χ1) is 9.72. The van der Waals surface area contributed by atoms with Gasteiger partial charge in [-0.3, -0.25) is 0 Å². The molecule has 5 nitrogen and oxygen atoms in total. The van der Waals surface area contributed by atoms with Gasteiger partial charge in [-0.25, -0.2) is 0 Å². The van der Waals surface area contributed by atoms with E-state index in [-0.39, 0.29) is 6.04 Å². The third-order valence-electron chi connectivity index (χ3n) is 3.80. The van der Waals surface area contributed by atoms with Crippen LogP contribution in [0.2, 0.25) is 0 Å². The molecule has 112 valence electrons. The summed E-state index contributed by atoms with van der Waals surface area (Å²) < 4.78 is 21.7. The van der Waals surface area contributed by atoms with Crippen LogP contribution in [-0.2, 0) is 4.74 Å². The van der Waals surface area contributed by atoms with Crippen LogP contribution in [0.1, 0.15) is 24.4 Å². The summed E-state index contributed by atoms with van der Waals surface area (Å²) in [6.45, 7) is 1.52. The van der Waals surface area contributed by atoms with E-state index >= 15 is 0 Å². The first-order valence-electron chi connectivity index (χ1n) is 6.85. The minimum absolute atomic E-state index is 0.134. The molecule has 0 radical (unpaired) electrons. The van der Waals surface area contributed by atoms with E-state index in [9.17, 15) is 0 Å². The number of hydrogen-bond acceptors (Lipinski definition) is 5. The maximum Gasteiger partial charge on any atom is 0.203 e. The van der Waals surface area contributed by atoms with Gasteiger partial charge in [0, 0.05) is 24.1 Å². The van der Waals surface area contributed by atoms with Crippen LogP contribution in [0.15, 0.2) is 12.1 Å². The highest BCUT2D eigenvalue weighted by atomic mass is 16.5. The predicted molar refractivity (Wildman–Crippen MR) is 76.6 cm³/mol. The zero-order valence-electron chi connectivity index (χ0n) is 12.3. The first kappa shape index (κ1) is 14.9. The highest BCUT2D eigenvalue weighted by Gasteiger charge is 2.27. The summed E-state index contributed by atoms with van der Waals surface area (Å²) in [5.74, 6) is 2.17. The Morgan fingerprint density at radius 1 is 1.15 bits per heavy atom. The number of nitrogens with two attached hydrogens (primary N) is 1. The van der Waals surface area contributed by atoms with Gasteiger partial charge < -0.3 is 24.7 Å². The molecule has 0 amide bonds. The fraction of sp³-hybridized carbons (Fsp3) is 0.600. The highest BCUT2D eigenvalue weighted by Crippen LogP contribution is 2.43. The van der Waals surface area contributed by atoms with Crippen LogP contribution in [0, 0.1) is 5.92 Å². The van der Waals surface area contributed by atoms with Gasteiger partial charge in [0.15, 0.2) is 11.5 Å². The summed E-state index contributed by atoms with van der Waals surface area (Å²) in [7, 11) is 4.82. The van der Waals surface area contributed by atoms with E-state index in [0.717, 1.165) is 25.0 Å². The molecule has 1 heterocycles. The molecule has 20 heavy (non-hydrogen) atoms. The van der Waals surface area contributed by atoms with Gasteiger partial charge in [-0.05, 0) is 25.0 Å². The molecule has 0 aromatic heterocycles. The van der Waals surface area contributed by atoms with Gasteiger partial charge in [-0.1, -0.05) is 0 Å². The van der Waals surface area contributed by atoms with E-state index < -0.39 is 0 Å². The van der Waals surface area contributed by atoms with E-state index in [4.69, 9.17) is 24.7 Å². The van der Waals surface area contributed by atoms with Crippen molar-refractivity contribution in [2.75, 3.05) is 34.5 Å². The summed E-state index contributed by atoms with van der Waals surface area (Å²) in [4.78, 5) is 0. The van der Waals surface area contributed by atoms with Crippen molar-refractivity contribution >= 4 is 0 Å². The molecule has 1 aromatic rings. The smallest absolute Gasteiger partial charge is 0.203 e. The summed E-state index contributed by atoms with van der Waals surface area (Å²) in [6.07, 6.45) is 2.12. The van der Waals surface area contributed by atoms with Crippen molar-refractivity contribution in [1.82, 2.24) is 0 Å². The molecule has 1 aliphatic rings. The number of ether oxygens (including phenoxy) is 4. The molecule has 1 aliphatic heterocycles. The van der Waals surface area contributed by atoms with Crippen molar-refractivity contribution in [1.29, 1.82) is 0 Å². The molecule has 2 atom stereocenters. The van der Waals surface area contributed by atoms with Crippen LogP contribution in [0.25, 0.3) is 0 Å². The van der Waals surface area contributed by atoms with E-state index in [1.807, 2.05) is 12.1 Å². The summed E-state index contributed by atoms with van der Waals surface area (Å²) in [5, 5.41) is 0. The van der Waals surface area contributed by atoms with Gasteiger partial charge in [0.1, 0.15) is 0 Å². The molecule has 1 saturated heterocycles. The van der Waals surface area contributed by atoms with Crippen LogP contribution in [0.5, 0.6) is 17.2 Å². The molecule has 1 fully saturated rings. The maximum absolute atomic E-state index is 6.40. The zero-order valence-corrected chi connectivity index (χ0v) is 12.3. The molecular weight excluding hydrogens is 258 g/mol. The monoisotopic (exact) mass is 281 g/mol. The van der Waals surface area contributed by atoms with E-state index in [1.54, 1.807) is 21.3 Å². The van der Waals surface area contributed by atoms with Gasteiger partial charge >= 0.3 is 0 Å². The van der Waals surface area contributed by atoms with Crippen LogP contribution in [-0.4, -0.2) is 34.5 Å². The molecule has 0 spiro atoms. The molecule has 0 saturated carbocycles. The Hall–Kier alpha value is -1.46. The number of methoxy groups -OCH3 is 3. The highest BCUT2D eigenvalue weighted by molar-refractivity contribution is 5.56. The normalized spacial score (nSPS) is 20.3. The van der Waals surface area contributed by atoms with E-state index in [0.29, 0.717) is 29.8 Å². The summed E-state index contributed by atoms with van der Waals surface area (Å²) in [6, 6.07) is 3.67. The molecule has 0 aliphatic carbocycles. The predicted octanol–water partition coefficient (Wildman–Crippen LogP) is 2.14. The lowest BCUT2D eigenvalue weighted by molar-refractivity contribution is 0.0444. The molecule has 2 unspecified atom stereocenters. The lowest BCUT2D eigenvalue weighted by atomic mass is 9.88. The Balaban J connectivity index is 2.34. The molecule has 2 N–H and O–H groups in total. The van der Waals surface area contributed by atoms with Crippen LogP contribution in [0.4, 0.5) is 0 Å². The lowest BCUT2D eigenvalue weighted by Gasteiger charge is -2.29. The van der Waals surface area contributed by atoms with Gasteiger partial charge in [-0.2, -0.15) is 0 Å². The van der Waals surface area contributed by atoms with Gasteiger partial charge in [0.25, 0.3) is 0 Å². The molecule has 1 aromatic carbocycles. The van der Waals surface area contributed by atoms with Crippen LogP contribution < -0.4 is 19.9 Å². The van der Waals surface area contributed by atoms with Gasteiger partial charge in [0.05, 0.1) is 27.9 Å². The van der Waals surface area contributed by atoms with Crippen molar-refractivity contribution in [3.05, 3.63) is 17.7 Å². The minimum Gasteiger partial charge on any atom is -0.493 e. The molecule has 0 bridgehead atoms. The SMILES string of the molecule is COc1ccc(C(N)C2CCCOC2)c(OC)c1OC. The summed E-state index contributed by atoms with van der Waals surface area (Å²) >= 11 is 0. The van der Waals surface area contributed by atoms with Gasteiger partial charge in [-0.15, -0.1) is 0 Å². The van der Waals surface area contributed by atoms with Crippen molar-refractivity contribution in [2.45, 2.75) is 18.9 Å². The van der Waals surface area contributed by atoms with Crippen molar-refractivity contribution in [2.24, 2.45) is 11.7 Å². The van der Waals surface area contributed by atoms with Gasteiger partial charge in [0.2, 0.25) is 5.75 Å². The van der Waals surface area contributed by atoms with Crippen LogP contribution >= 0.6 is 0 Å². The minimum atomic E-state index is -0.134. The quantitative estimate of drug-likeness (QED) is 0.896. The van der Waals surface area contributed by atoms with Crippen molar-refractivity contribution in [3.63, 3.8) is 0 Å². The third kappa shape index (κ3) is 2.83. The standard InChI is InChI=1S/C15H23NO4/c1-17-12-7-6-11(14(18-2)15(12)19-3)13(16)10-5-4-8-20-9-10/h6-7,10,13H,4-5,8-9,16H2,1-3H3. The first-order valence-corrected chi connectivity index (χ1v) is 6.85. The zero-order chi connectivity index (χ0) is 14.5. The Kier molecular flexibility index (Phi) is 5.09. The fourth-order valence-electron chi connectivity index (χ4n) is 2.69. The number of hydrogen-bond donors (Lipinski definition) is 1. The van der Waals surface area contributed by atoms with E-state index in [2.05, 4.69) is 0 Å². The maximum atomic E-state index is 6.40. The lowest BCUT2D eigenvalue weighted by Crippen LogP contribution is -2.29. The molecular formula is C15H23NO4. The second kappa shape index (κ2) is 6.81. The average Bonchev–Trinajstić information content (AvgIpc) is 2.53. The largest absolute Gasteiger partial charge is 0.493 e. The fourth-order valence-corrected chi connectivity index (χ4v) is 2.69. The Morgan fingerprint density at radius 3 is 2.45 bits per heavy atom. The van der Waals surface area contributed by atoms with Crippen molar-refractivity contribution < 1.29 is 18.9 Å². The Labute approximate surface area is 120 Å². The topological polar surface area (TPSA) is 62.9 Å². The summed E-state index contributed by atoms with van der Waals surface area (Å²) in [5.41, 5.74) is 7.34. The third-order valence-corrected chi connectivity index (χ3v) is 3.80. The second-order valence-electron chi connectivity index (χ2n) is 4.93. The second-order valence-corrected chi connectivity index (χ2v) is 4.93. The van der Waals surface area contributed by atoms with Crippen LogP contribution in [0.3, 0.4) is 0 Å². The van der Waals surface area contributed by atoms with E-state index in [1.165, 1.54) is 0 Å². The number of rotatable bonds is 5. The average molecular weight is 281 g/mol. The Bertz CT molecular complexity index is 444. The molecule has 5 heteroatoms. The molecule has 2 rings (SSSR count). The van der Waals surface area contributed by atoms with Crippen molar-refractivity contribution in [3.8, 4) is 17.2 Å².